The number of benzene rings is 1. The van der Waals surface area contributed by atoms with Crippen LogP contribution in [0.3, 0.4) is 0 Å². The number of aliphatic hydroxyl groups excluding tert-OH is 1. The zero-order chi connectivity index (χ0) is 19.3. The van der Waals surface area contributed by atoms with E-state index in [0.717, 1.165) is 37.5 Å². The van der Waals surface area contributed by atoms with Crippen LogP contribution in [-0.4, -0.2) is 36.9 Å². The van der Waals surface area contributed by atoms with Crippen LogP contribution >= 0.6 is 11.6 Å². The molecule has 26 heavy (non-hydrogen) atoms. The van der Waals surface area contributed by atoms with Gasteiger partial charge in [-0.05, 0) is 56.7 Å². The quantitative estimate of drug-likeness (QED) is 0.570. The van der Waals surface area contributed by atoms with Crippen LogP contribution in [0.4, 0.5) is 0 Å². The first kappa shape index (κ1) is 20.6. The van der Waals surface area contributed by atoms with Crippen molar-refractivity contribution in [1.82, 2.24) is 5.32 Å². The number of hydrogen-bond donors (Lipinski definition) is 2. The van der Waals surface area contributed by atoms with E-state index < -0.39 is 0 Å². The summed E-state index contributed by atoms with van der Waals surface area (Å²) >= 11 is 6.14. The first-order chi connectivity index (χ1) is 12.4. The Morgan fingerprint density at radius 3 is 2.54 bits per heavy atom. The molecule has 1 aliphatic rings. The van der Waals surface area contributed by atoms with Gasteiger partial charge in [0.15, 0.2) is 0 Å². The summed E-state index contributed by atoms with van der Waals surface area (Å²) in [7, 11) is 3.24. The smallest absolute Gasteiger partial charge is 0.255 e. The van der Waals surface area contributed by atoms with Crippen molar-refractivity contribution in [3.05, 3.63) is 34.5 Å². The molecule has 0 radical (unpaired) electrons. The second-order valence-corrected chi connectivity index (χ2v) is 7.42. The summed E-state index contributed by atoms with van der Waals surface area (Å²) in [4.78, 5) is 13.0. The molecule has 0 aromatic heterocycles. The summed E-state index contributed by atoms with van der Waals surface area (Å²) < 4.78 is 10.8. The maximum absolute atomic E-state index is 13.0. The van der Waals surface area contributed by atoms with Gasteiger partial charge in [0, 0.05) is 23.2 Å². The van der Waals surface area contributed by atoms with Gasteiger partial charge in [-0.15, -0.1) is 0 Å². The van der Waals surface area contributed by atoms with Gasteiger partial charge in [0.05, 0.1) is 25.0 Å². The number of aliphatic hydroxyl groups is 1. The number of nitrogens with one attached hydrogen (secondary N) is 1. The Balaban J connectivity index is 2.28. The van der Waals surface area contributed by atoms with E-state index in [9.17, 15) is 9.90 Å². The topological polar surface area (TPSA) is 67.8 Å². The summed E-state index contributed by atoms with van der Waals surface area (Å²) in [5.41, 5.74) is 1.28. The summed E-state index contributed by atoms with van der Waals surface area (Å²) in [5, 5.41) is 13.4. The van der Waals surface area contributed by atoms with E-state index in [4.69, 9.17) is 21.1 Å². The van der Waals surface area contributed by atoms with Crippen LogP contribution in [0.1, 0.15) is 50.7 Å². The van der Waals surface area contributed by atoms with Crippen molar-refractivity contribution >= 4 is 23.1 Å². The van der Waals surface area contributed by atoms with Crippen LogP contribution in [-0.2, 0) is 16.0 Å². The third-order valence-corrected chi connectivity index (χ3v) is 5.40. The zero-order valence-electron chi connectivity index (χ0n) is 15.9. The summed E-state index contributed by atoms with van der Waals surface area (Å²) in [6.45, 7) is 4.00. The number of hydrogen-bond acceptors (Lipinski definition) is 4. The Labute approximate surface area is 160 Å². The number of methoxy groups -OCH3 is 2. The number of carbonyl (C=O) groups excluding carboxylic acids is 1. The van der Waals surface area contributed by atoms with Crippen molar-refractivity contribution in [3.63, 3.8) is 0 Å². The Morgan fingerprint density at radius 1 is 1.38 bits per heavy atom. The van der Waals surface area contributed by atoms with Crippen molar-refractivity contribution in [2.75, 3.05) is 14.2 Å². The lowest BCUT2D eigenvalue weighted by atomic mass is 9.81. The highest BCUT2D eigenvalue weighted by atomic mass is 35.5. The highest BCUT2D eigenvalue weighted by molar-refractivity contribution is 6.31. The van der Waals surface area contributed by atoms with Crippen molar-refractivity contribution in [2.24, 2.45) is 0 Å². The minimum atomic E-state index is -0.327. The van der Waals surface area contributed by atoms with Crippen molar-refractivity contribution in [2.45, 2.75) is 57.6 Å². The second kappa shape index (κ2) is 8.78. The lowest BCUT2D eigenvalue weighted by Gasteiger charge is -2.37. The van der Waals surface area contributed by atoms with E-state index in [-0.39, 0.29) is 23.1 Å². The molecule has 1 fully saturated rings. The van der Waals surface area contributed by atoms with E-state index in [1.807, 2.05) is 13.8 Å². The molecule has 1 aliphatic carbocycles. The summed E-state index contributed by atoms with van der Waals surface area (Å²) in [6, 6.07) is 3.44. The monoisotopic (exact) mass is 381 g/mol. The third kappa shape index (κ3) is 4.51. The molecule has 2 N–H and O–H groups in total. The van der Waals surface area contributed by atoms with E-state index in [0.29, 0.717) is 22.8 Å². The predicted octanol–water partition coefficient (Wildman–Crippen LogP) is 4.27. The number of carbonyl (C=O) groups is 1. The van der Waals surface area contributed by atoms with Gasteiger partial charge in [0.25, 0.3) is 5.91 Å². The van der Waals surface area contributed by atoms with E-state index >= 15 is 0 Å². The molecule has 1 amide bonds. The van der Waals surface area contributed by atoms with Gasteiger partial charge in [0.2, 0.25) is 0 Å². The molecule has 0 aliphatic heterocycles. The summed E-state index contributed by atoms with van der Waals surface area (Å²) in [5.74, 6) is 0.152. The largest absolute Gasteiger partial charge is 0.515 e. The Bertz CT molecular complexity index is 653. The van der Waals surface area contributed by atoms with Crippen LogP contribution in [0, 0.1) is 0 Å². The SMILES string of the molecule is CCc1cc(Cl)cc(OC)c1/C(=C\O)C(=O)NC1(C)CCC(OC)CC1. The number of rotatable bonds is 6. The molecule has 1 aromatic rings. The van der Waals surface area contributed by atoms with Crippen LogP contribution < -0.4 is 10.1 Å². The van der Waals surface area contributed by atoms with E-state index in [1.54, 1.807) is 19.2 Å². The molecule has 0 bridgehead atoms. The Hall–Kier alpha value is -1.72. The molecular weight excluding hydrogens is 354 g/mol. The van der Waals surface area contributed by atoms with Crippen LogP contribution in [0.2, 0.25) is 5.02 Å². The molecule has 0 atom stereocenters. The maximum Gasteiger partial charge on any atom is 0.255 e. The zero-order valence-corrected chi connectivity index (χ0v) is 16.7. The Morgan fingerprint density at radius 2 is 2.04 bits per heavy atom. The molecule has 2 rings (SSSR count). The molecule has 5 nitrogen and oxygen atoms in total. The van der Waals surface area contributed by atoms with E-state index in [1.165, 1.54) is 7.11 Å². The number of amides is 1. The molecule has 1 aromatic carbocycles. The lowest BCUT2D eigenvalue weighted by Crippen LogP contribution is -2.49. The second-order valence-electron chi connectivity index (χ2n) is 6.99. The number of ether oxygens (including phenoxy) is 2. The van der Waals surface area contributed by atoms with Crippen molar-refractivity contribution in [1.29, 1.82) is 0 Å². The average Bonchev–Trinajstić information content (AvgIpc) is 2.63. The number of aryl methyl sites for hydroxylation is 1. The fourth-order valence-corrected chi connectivity index (χ4v) is 3.78. The first-order valence-electron chi connectivity index (χ1n) is 8.94. The van der Waals surface area contributed by atoms with Crippen molar-refractivity contribution < 1.29 is 19.4 Å². The first-order valence-corrected chi connectivity index (χ1v) is 9.31. The van der Waals surface area contributed by atoms with Gasteiger partial charge < -0.3 is 19.9 Å². The standard InChI is InChI=1S/C20H28ClNO4/c1-5-13-10-14(21)11-17(26-4)18(13)16(12-23)19(24)22-20(2)8-6-15(25-3)7-9-20/h10-12,15,23H,5-9H2,1-4H3,(H,22,24)/b16-12+. The van der Waals surface area contributed by atoms with Gasteiger partial charge in [-0.2, -0.15) is 0 Å². The summed E-state index contributed by atoms with van der Waals surface area (Å²) in [6.07, 6.45) is 5.21. The van der Waals surface area contributed by atoms with Gasteiger partial charge in [-0.25, -0.2) is 0 Å². The number of halogens is 1. The molecule has 0 unspecified atom stereocenters. The normalized spacial score (nSPS) is 23.6. The van der Waals surface area contributed by atoms with Crippen LogP contribution in [0.15, 0.2) is 18.4 Å². The van der Waals surface area contributed by atoms with E-state index in [2.05, 4.69) is 5.32 Å². The molecule has 6 heteroatoms. The molecule has 0 heterocycles. The van der Waals surface area contributed by atoms with Gasteiger partial charge in [-0.3, -0.25) is 4.79 Å². The lowest BCUT2D eigenvalue weighted by molar-refractivity contribution is -0.118. The van der Waals surface area contributed by atoms with Crippen molar-refractivity contribution in [3.8, 4) is 5.75 Å². The predicted molar refractivity (Wildman–Crippen MR) is 104 cm³/mol. The van der Waals surface area contributed by atoms with Gasteiger partial charge in [-0.1, -0.05) is 18.5 Å². The molecule has 1 saturated carbocycles. The van der Waals surface area contributed by atoms with Crippen LogP contribution in [0.5, 0.6) is 5.75 Å². The molecule has 144 valence electrons. The van der Waals surface area contributed by atoms with Gasteiger partial charge >= 0.3 is 0 Å². The van der Waals surface area contributed by atoms with Gasteiger partial charge in [0.1, 0.15) is 5.75 Å². The fourth-order valence-electron chi connectivity index (χ4n) is 3.55. The molecular formula is C20H28ClNO4. The maximum atomic E-state index is 13.0. The highest BCUT2D eigenvalue weighted by Crippen LogP contribution is 2.35. The minimum absolute atomic E-state index is 0.186. The fraction of sp³-hybridized carbons (Fsp3) is 0.550. The Kier molecular flexibility index (Phi) is 6.95. The molecule has 0 spiro atoms. The minimum Gasteiger partial charge on any atom is -0.515 e. The van der Waals surface area contributed by atoms with Crippen LogP contribution in [0.25, 0.3) is 5.57 Å². The average molecular weight is 382 g/mol. The third-order valence-electron chi connectivity index (χ3n) is 5.18. The molecule has 0 saturated heterocycles. The highest BCUT2D eigenvalue weighted by Gasteiger charge is 2.34.